The Bertz CT molecular complexity index is 355. The molecule has 0 spiro atoms. The Labute approximate surface area is 97.3 Å². The molecule has 0 bridgehead atoms. The van der Waals surface area contributed by atoms with Crippen LogP contribution in [0.15, 0.2) is 18.3 Å². The van der Waals surface area contributed by atoms with Gasteiger partial charge in [0.15, 0.2) is 0 Å². The minimum absolute atomic E-state index is 0.654. The first kappa shape index (κ1) is 11.1. The van der Waals surface area contributed by atoms with E-state index in [9.17, 15) is 0 Å². The first-order chi connectivity index (χ1) is 7.88. The molecule has 0 saturated heterocycles. The Kier molecular flexibility index (Phi) is 3.93. The molecule has 1 saturated carbocycles. The summed E-state index contributed by atoms with van der Waals surface area (Å²) in [6.07, 6.45) is 11.0. The minimum atomic E-state index is 0.654. The van der Waals surface area contributed by atoms with Crippen LogP contribution in [0.3, 0.4) is 0 Å². The zero-order chi connectivity index (χ0) is 11.2. The van der Waals surface area contributed by atoms with Crippen LogP contribution in [0.4, 0.5) is 0 Å². The highest BCUT2D eigenvalue weighted by molar-refractivity contribution is 5.26. The van der Waals surface area contributed by atoms with Gasteiger partial charge in [-0.15, -0.1) is 0 Å². The van der Waals surface area contributed by atoms with E-state index in [4.69, 9.17) is 5.26 Å². The predicted molar refractivity (Wildman–Crippen MR) is 63.8 cm³/mol. The maximum absolute atomic E-state index is 8.67. The van der Waals surface area contributed by atoms with Crippen LogP contribution < -0.4 is 0 Å². The van der Waals surface area contributed by atoms with Crippen LogP contribution in [0.25, 0.3) is 0 Å². The molecule has 16 heavy (non-hydrogen) atoms. The van der Waals surface area contributed by atoms with E-state index in [0.717, 1.165) is 18.0 Å². The van der Waals surface area contributed by atoms with Gasteiger partial charge in [-0.1, -0.05) is 32.1 Å². The SMILES string of the molecule is N#Cc1ccc(CCC2CCCCC2)nc1. The second kappa shape index (κ2) is 5.65. The summed E-state index contributed by atoms with van der Waals surface area (Å²) in [5.41, 5.74) is 1.78. The van der Waals surface area contributed by atoms with E-state index >= 15 is 0 Å². The van der Waals surface area contributed by atoms with Crippen LogP contribution in [0.2, 0.25) is 0 Å². The molecule has 0 amide bonds. The number of hydrogen-bond donors (Lipinski definition) is 0. The van der Waals surface area contributed by atoms with Gasteiger partial charge in [0, 0.05) is 11.9 Å². The molecule has 2 heteroatoms. The summed E-state index contributed by atoms with van der Waals surface area (Å²) in [7, 11) is 0. The number of pyridine rings is 1. The lowest BCUT2D eigenvalue weighted by molar-refractivity contribution is 0.338. The van der Waals surface area contributed by atoms with Gasteiger partial charge in [0.05, 0.1) is 5.56 Å². The molecule has 84 valence electrons. The van der Waals surface area contributed by atoms with E-state index in [1.807, 2.05) is 12.1 Å². The van der Waals surface area contributed by atoms with Gasteiger partial charge in [-0.3, -0.25) is 4.98 Å². The van der Waals surface area contributed by atoms with Crippen LogP contribution in [0, 0.1) is 17.2 Å². The zero-order valence-electron chi connectivity index (χ0n) is 9.65. The fourth-order valence-electron chi connectivity index (χ4n) is 2.47. The second-order valence-corrected chi connectivity index (χ2v) is 4.69. The Hall–Kier alpha value is -1.36. The van der Waals surface area contributed by atoms with Gasteiger partial charge in [-0.05, 0) is 30.9 Å². The summed E-state index contributed by atoms with van der Waals surface area (Å²) in [6.45, 7) is 0. The average Bonchev–Trinajstić information content (AvgIpc) is 2.38. The van der Waals surface area contributed by atoms with E-state index < -0.39 is 0 Å². The fourth-order valence-corrected chi connectivity index (χ4v) is 2.47. The zero-order valence-corrected chi connectivity index (χ0v) is 9.65. The standard InChI is InChI=1S/C14H18N2/c15-10-13-7-9-14(16-11-13)8-6-12-4-2-1-3-5-12/h7,9,11-12H,1-6,8H2. The molecular formula is C14H18N2. The third-order valence-electron chi connectivity index (χ3n) is 3.49. The Morgan fingerprint density at radius 3 is 2.69 bits per heavy atom. The molecule has 2 rings (SSSR count). The van der Waals surface area contributed by atoms with Gasteiger partial charge < -0.3 is 0 Å². The highest BCUT2D eigenvalue weighted by Gasteiger charge is 2.13. The Balaban J connectivity index is 1.82. The number of aromatic nitrogens is 1. The molecule has 1 heterocycles. The highest BCUT2D eigenvalue weighted by Crippen LogP contribution is 2.27. The van der Waals surface area contributed by atoms with Crippen molar-refractivity contribution in [2.45, 2.75) is 44.9 Å². The van der Waals surface area contributed by atoms with Crippen molar-refractivity contribution in [3.63, 3.8) is 0 Å². The molecule has 0 radical (unpaired) electrons. The summed E-state index contributed by atoms with van der Waals surface area (Å²) in [4.78, 5) is 4.31. The summed E-state index contributed by atoms with van der Waals surface area (Å²) < 4.78 is 0. The summed E-state index contributed by atoms with van der Waals surface area (Å²) in [5, 5.41) is 8.67. The molecule has 2 nitrogen and oxygen atoms in total. The molecule has 0 aromatic carbocycles. The normalized spacial score (nSPS) is 16.9. The molecule has 0 N–H and O–H groups in total. The highest BCUT2D eigenvalue weighted by atomic mass is 14.7. The number of nitriles is 1. The van der Waals surface area contributed by atoms with Crippen molar-refractivity contribution in [2.75, 3.05) is 0 Å². The summed E-state index contributed by atoms with van der Waals surface area (Å²) in [5.74, 6) is 0.909. The van der Waals surface area contributed by atoms with Crippen molar-refractivity contribution in [1.82, 2.24) is 4.98 Å². The van der Waals surface area contributed by atoms with Crippen molar-refractivity contribution < 1.29 is 0 Å². The first-order valence-electron chi connectivity index (χ1n) is 6.23. The quantitative estimate of drug-likeness (QED) is 0.772. The lowest BCUT2D eigenvalue weighted by atomic mass is 9.86. The summed E-state index contributed by atoms with van der Waals surface area (Å²) >= 11 is 0. The minimum Gasteiger partial charge on any atom is -0.260 e. The van der Waals surface area contributed by atoms with Crippen molar-refractivity contribution >= 4 is 0 Å². The number of aryl methyl sites for hydroxylation is 1. The lowest BCUT2D eigenvalue weighted by Gasteiger charge is -2.21. The van der Waals surface area contributed by atoms with Crippen LogP contribution >= 0.6 is 0 Å². The monoisotopic (exact) mass is 214 g/mol. The maximum atomic E-state index is 8.67. The average molecular weight is 214 g/mol. The van der Waals surface area contributed by atoms with E-state index in [-0.39, 0.29) is 0 Å². The van der Waals surface area contributed by atoms with E-state index in [0.29, 0.717) is 5.56 Å². The molecule has 1 aromatic heterocycles. The molecular weight excluding hydrogens is 196 g/mol. The topological polar surface area (TPSA) is 36.7 Å². The number of nitrogens with zero attached hydrogens (tertiary/aromatic N) is 2. The molecule has 1 aromatic rings. The van der Waals surface area contributed by atoms with Gasteiger partial charge in [0.2, 0.25) is 0 Å². The van der Waals surface area contributed by atoms with Gasteiger partial charge >= 0.3 is 0 Å². The summed E-state index contributed by atoms with van der Waals surface area (Å²) in [6, 6.07) is 5.95. The van der Waals surface area contributed by atoms with E-state index in [1.165, 1.54) is 38.5 Å². The van der Waals surface area contributed by atoms with Crippen LogP contribution in [0.1, 0.15) is 49.8 Å². The lowest BCUT2D eigenvalue weighted by Crippen LogP contribution is -2.07. The van der Waals surface area contributed by atoms with E-state index in [1.54, 1.807) is 6.20 Å². The maximum Gasteiger partial charge on any atom is 0.101 e. The number of rotatable bonds is 3. The molecule has 0 atom stereocenters. The van der Waals surface area contributed by atoms with Gasteiger partial charge in [0.25, 0.3) is 0 Å². The van der Waals surface area contributed by atoms with Crippen LogP contribution in [-0.2, 0) is 6.42 Å². The molecule has 1 fully saturated rings. The first-order valence-corrected chi connectivity index (χ1v) is 6.23. The largest absolute Gasteiger partial charge is 0.260 e. The van der Waals surface area contributed by atoms with Crippen LogP contribution in [-0.4, -0.2) is 4.98 Å². The third kappa shape index (κ3) is 3.06. The molecule has 1 aliphatic rings. The number of hydrogen-bond acceptors (Lipinski definition) is 2. The van der Waals surface area contributed by atoms with Crippen LogP contribution in [0.5, 0.6) is 0 Å². The van der Waals surface area contributed by atoms with Crippen molar-refractivity contribution in [3.8, 4) is 6.07 Å². The van der Waals surface area contributed by atoms with Crippen molar-refractivity contribution in [1.29, 1.82) is 5.26 Å². The predicted octanol–water partition coefficient (Wildman–Crippen LogP) is 3.47. The Morgan fingerprint density at radius 1 is 1.25 bits per heavy atom. The molecule has 0 aliphatic heterocycles. The van der Waals surface area contributed by atoms with Crippen molar-refractivity contribution in [3.05, 3.63) is 29.6 Å². The molecule has 0 unspecified atom stereocenters. The van der Waals surface area contributed by atoms with E-state index in [2.05, 4.69) is 11.1 Å². The second-order valence-electron chi connectivity index (χ2n) is 4.69. The Morgan fingerprint density at radius 2 is 2.06 bits per heavy atom. The van der Waals surface area contributed by atoms with Gasteiger partial charge in [-0.25, -0.2) is 0 Å². The van der Waals surface area contributed by atoms with Crippen molar-refractivity contribution in [2.24, 2.45) is 5.92 Å². The van der Waals surface area contributed by atoms with Gasteiger partial charge in [-0.2, -0.15) is 5.26 Å². The molecule has 1 aliphatic carbocycles. The third-order valence-corrected chi connectivity index (χ3v) is 3.49. The smallest absolute Gasteiger partial charge is 0.101 e. The fraction of sp³-hybridized carbons (Fsp3) is 0.571. The van der Waals surface area contributed by atoms with Gasteiger partial charge in [0.1, 0.15) is 6.07 Å².